The van der Waals surface area contributed by atoms with Crippen LogP contribution in [-0.4, -0.2) is 14.8 Å². The molecule has 2 aromatic carbocycles. The van der Waals surface area contributed by atoms with E-state index >= 15 is 0 Å². The van der Waals surface area contributed by atoms with Gasteiger partial charge in [0, 0.05) is 30.1 Å². The van der Waals surface area contributed by atoms with Crippen molar-refractivity contribution in [3.63, 3.8) is 0 Å². The van der Waals surface area contributed by atoms with E-state index in [0.29, 0.717) is 38.2 Å². The predicted molar refractivity (Wildman–Crippen MR) is 148 cm³/mol. The molecule has 0 radical (unpaired) electrons. The highest BCUT2D eigenvalue weighted by molar-refractivity contribution is 7.98. The Bertz CT molecular complexity index is 1650. The molecule has 3 aromatic heterocycles. The maximum atomic E-state index is 13.4. The van der Waals surface area contributed by atoms with Gasteiger partial charge in [0.25, 0.3) is 0 Å². The first-order valence-electron chi connectivity index (χ1n) is 11.9. The summed E-state index contributed by atoms with van der Waals surface area (Å²) in [5.74, 6) is 1.86. The normalized spacial score (nSPS) is 12.1. The summed E-state index contributed by atoms with van der Waals surface area (Å²) in [4.78, 5) is 17.9. The minimum absolute atomic E-state index is 0.0653. The Kier molecular flexibility index (Phi) is 7.09. The number of hydrogen-bond donors (Lipinski definition) is 0. The second kappa shape index (κ2) is 10.4. The zero-order valence-electron chi connectivity index (χ0n) is 21.0. The van der Waals surface area contributed by atoms with Crippen molar-refractivity contribution in [3.8, 4) is 17.1 Å². The summed E-state index contributed by atoms with van der Waals surface area (Å²) in [6.45, 7) is 5.69. The van der Waals surface area contributed by atoms with Crippen molar-refractivity contribution in [1.29, 1.82) is 0 Å². The highest BCUT2D eigenvalue weighted by Gasteiger charge is 2.21. The second-order valence-electron chi connectivity index (χ2n) is 8.99. The fourth-order valence-electron chi connectivity index (χ4n) is 4.26. The Morgan fingerprint density at radius 2 is 1.92 bits per heavy atom. The lowest BCUT2D eigenvalue weighted by molar-refractivity contribution is 0.219. The highest BCUT2D eigenvalue weighted by Crippen LogP contribution is 2.36. The molecule has 0 saturated carbocycles. The van der Waals surface area contributed by atoms with E-state index in [-0.39, 0.29) is 5.43 Å². The number of aryl methyl sites for hydroxylation is 2. The molecule has 8 heteroatoms. The van der Waals surface area contributed by atoms with E-state index in [1.807, 2.05) is 63.5 Å². The number of aromatic nitrogens is 3. The summed E-state index contributed by atoms with van der Waals surface area (Å²) in [7, 11) is 1.83. The number of rotatable bonds is 7. The number of fused-ring (bicyclic) bond motifs is 1. The van der Waals surface area contributed by atoms with Gasteiger partial charge in [0.2, 0.25) is 0 Å². The predicted octanol–water partition coefficient (Wildman–Crippen LogP) is 7.29. The number of benzene rings is 2. The van der Waals surface area contributed by atoms with Crippen molar-refractivity contribution in [2.75, 3.05) is 0 Å². The van der Waals surface area contributed by atoms with Gasteiger partial charge in [-0.3, -0.25) is 9.48 Å². The third kappa shape index (κ3) is 5.29. The molecule has 0 fully saturated rings. The van der Waals surface area contributed by atoms with Crippen LogP contribution in [0.4, 0.5) is 0 Å². The van der Waals surface area contributed by atoms with E-state index in [0.717, 1.165) is 22.4 Å². The summed E-state index contributed by atoms with van der Waals surface area (Å²) < 4.78 is 14.5. The number of thioether (sulfide) groups is 1. The molecule has 0 aliphatic carbocycles. The summed E-state index contributed by atoms with van der Waals surface area (Å²) in [5.41, 5.74) is 4.65. The van der Waals surface area contributed by atoms with Gasteiger partial charge >= 0.3 is 0 Å². The maximum Gasteiger partial charge on any atom is 0.196 e. The van der Waals surface area contributed by atoms with Crippen LogP contribution in [0.2, 0.25) is 5.15 Å². The first-order chi connectivity index (χ1) is 17.8. The summed E-state index contributed by atoms with van der Waals surface area (Å²) in [6, 6.07) is 17.6. The minimum atomic E-state index is -0.422. The van der Waals surface area contributed by atoms with Crippen LogP contribution < -0.4 is 10.2 Å². The molecule has 188 valence electrons. The minimum Gasteiger partial charge on any atom is -0.483 e. The van der Waals surface area contributed by atoms with Crippen LogP contribution >= 0.6 is 23.4 Å². The van der Waals surface area contributed by atoms with Gasteiger partial charge in [-0.1, -0.05) is 53.7 Å². The first-order valence-corrected chi connectivity index (χ1v) is 13.2. The lowest BCUT2D eigenvalue weighted by atomic mass is 10.0. The van der Waals surface area contributed by atoms with Crippen molar-refractivity contribution >= 4 is 34.3 Å². The SMILES string of the molecule is Cc1cc([C@@H](C)Oc2ccc(Cl)nc2SCc2ccccc2)c2oc(-c3cnn(C)c3)c(C)c(=O)c2c1. The molecule has 0 aliphatic rings. The number of ether oxygens (including phenoxy) is 1. The summed E-state index contributed by atoms with van der Waals surface area (Å²) in [5, 5.41) is 5.87. The molecule has 0 bridgehead atoms. The fraction of sp³-hybridized carbons (Fsp3) is 0.207. The Balaban J connectivity index is 1.53. The molecule has 5 aromatic rings. The van der Waals surface area contributed by atoms with Gasteiger partial charge in [0.1, 0.15) is 27.6 Å². The number of nitrogens with zero attached hydrogens (tertiary/aromatic N) is 3. The smallest absolute Gasteiger partial charge is 0.196 e. The van der Waals surface area contributed by atoms with Crippen LogP contribution in [0.1, 0.15) is 35.3 Å². The number of halogens is 1. The van der Waals surface area contributed by atoms with E-state index in [2.05, 4.69) is 22.2 Å². The maximum absolute atomic E-state index is 13.4. The first kappa shape index (κ1) is 25.1. The molecule has 0 spiro atoms. The molecular weight excluding hydrogens is 506 g/mol. The quantitative estimate of drug-likeness (QED) is 0.162. The van der Waals surface area contributed by atoms with Crippen molar-refractivity contribution in [2.24, 2.45) is 7.05 Å². The van der Waals surface area contributed by atoms with Gasteiger partial charge in [-0.25, -0.2) is 4.98 Å². The van der Waals surface area contributed by atoms with Gasteiger partial charge in [0.15, 0.2) is 11.2 Å². The van der Waals surface area contributed by atoms with Gasteiger partial charge in [-0.15, -0.1) is 0 Å². The molecule has 0 N–H and O–H groups in total. The Hall–Kier alpha value is -3.55. The molecule has 37 heavy (non-hydrogen) atoms. The van der Waals surface area contributed by atoms with E-state index < -0.39 is 6.10 Å². The summed E-state index contributed by atoms with van der Waals surface area (Å²) in [6.07, 6.45) is 3.11. The molecule has 5 rings (SSSR count). The lowest BCUT2D eigenvalue weighted by Crippen LogP contribution is -2.11. The van der Waals surface area contributed by atoms with Crippen LogP contribution in [0, 0.1) is 13.8 Å². The van der Waals surface area contributed by atoms with Crippen molar-refractivity contribution < 1.29 is 9.15 Å². The third-order valence-electron chi connectivity index (χ3n) is 6.11. The van der Waals surface area contributed by atoms with Crippen LogP contribution in [0.5, 0.6) is 5.75 Å². The van der Waals surface area contributed by atoms with Gasteiger partial charge < -0.3 is 9.15 Å². The van der Waals surface area contributed by atoms with Crippen LogP contribution in [0.25, 0.3) is 22.3 Å². The standard InChI is InChI=1S/C29H26ClN3O3S/c1-17-12-22(28-23(13-17)26(34)18(2)27(36-28)21-14-31-33(4)15-21)19(3)35-24-10-11-25(30)32-29(24)37-16-20-8-6-5-7-9-20/h5-15,19H,16H2,1-4H3/t19-/m1/s1. The largest absolute Gasteiger partial charge is 0.483 e. The van der Waals surface area contributed by atoms with Gasteiger partial charge in [0.05, 0.1) is 17.1 Å². The van der Waals surface area contributed by atoms with E-state index in [1.165, 1.54) is 5.56 Å². The molecular formula is C29H26ClN3O3S. The highest BCUT2D eigenvalue weighted by atomic mass is 35.5. The van der Waals surface area contributed by atoms with E-state index in [1.54, 1.807) is 35.6 Å². The molecule has 0 amide bonds. The Morgan fingerprint density at radius 1 is 1.14 bits per heavy atom. The Morgan fingerprint density at radius 3 is 2.65 bits per heavy atom. The van der Waals surface area contributed by atoms with Crippen molar-refractivity contribution in [2.45, 2.75) is 37.7 Å². The van der Waals surface area contributed by atoms with Crippen LogP contribution in [0.15, 0.2) is 81.2 Å². The average Bonchev–Trinajstić information content (AvgIpc) is 3.32. The fourth-order valence-corrected chi connectivity index (χ4v) is 5.38. The number of hydrogen-bond acceptors (Lipinski definition) is 6. The number of pyridine rings is 1. The van der Waals surface area contributed by atoms with Gasteiger partial charge in [-0.05, 0) is 56.2 Å². The molecule has 0 unspecified atom stereocenters. The lowest BCUT2D eigenvalue weighted by Gasteiger charge is -2.19. The third-order valence-corrected chi connectivity index (χ3v) is 7.36. The molecule has 1 atom stereocenters. The monoisotopic (exact) mass is 531 g/mol. The van der Waals surface area contributed by atoms with Crippen molar-refractivity contribution in [3.05, 3.63) is 105 Å². The van der Waals surface area contributed by atoms with Crippen molar-refractivity contribution in [1.82, 2.24) is 14.8 Å². The zero-order chi connectivity index (χ0) is 26.1. The van der Waals surface area contributed by atoms with Crippen LogP contribution in [0.3, 0.4) is 0 Å². The average molecular weight is 532 g/mol. The van der Waals surface area contributed by atoms with E-state index in [9.17, 15) is 4.79 Å². The molecule has 0 aliphatic heterocycles. The second-order valence-corrected chi connectivity index (χ2v) is 10.3. The Labute approximate surface area is 224 Å². The molecule has 3 heterocycles. The van der Waals surface area contributed by atoms with Crippen LogP contribution in [-0.2, 0) is 12.8 Å². The zero-order valence-corrected chi connectivity index (χ0v) is 22.6. The molecule has 0 saturated heterocycles. The van der Waals surface area contributed by atoms with Gasteiger partial charge in [-0.2, -0.15) is 5.10 Å². The van der Waals surface area contributed by atoms with E-state index in [4.69, 9.17) is 20.8 Å². The molecule has 6 nitrogen and oxygen atoms in total. The topological polar surface area (TPSA) is 70.2 Å². The summed E-state index contributed by atoms with van der Waals surface area (Å²) >= 11 is 7.79.